The zero-order chi connectivity index (χ0) is 41.4. The van der Waals surface area contributed by atoms with Gasteiger partial charge < -0.3 is 39.4 Å². The van der Waals surface area contributed by atoms with Crippen LogP contribution in [0.4, 0.5) is 0 Å². The zero-order valence-electron chi connectivity index (χ0n) is 33.2. The van der Waals surface area contributed by atoms with E-state index in [0.717, 1.165) is 11.1 Å². The van der Waals surface area contributed by atoms with E-state index in [9.17, 15) is 49.2 Å². The second kappa shape index (κ2) is 16.6. The maximum atomic E-state index is 13.9. The van der Waals surface area contributed by atoms with E-state index >= 15 is 0 Å². The van der Waals surface area contributed by atoms with Gasteiger partial charge in [0.2, 0.25) is 0 Å². The molecule has 312 valence electrons. The van der Waals surface area contributed by atoms with Gasteiger partial charge in [-0.25, -0.2) is 9.59 Å². The minimum Gasteiger partial charge on any atom is -0.481 e. The first-order valence-corrected chi connectivity index (χ1v) is 20.0. The molecule has 12 atom stereocenters. The molecule has 4 N–H and O–H groups in total. The summed E-state index contributed by atoms with van der Waals surface area (Å²) in [5, 5.41) is 40.5. The molecule has 8 bridgehead atoms. The lowest BCUT2D eigenvalue weighted by molar-refractivity contribution is -0.184. The molecule has 0 radical (unpaired) electrons. The Bertz CT molecular complexity index is 1490. The molecule has 1 aliphatic heterocycles. The fourth-order valence-electron chi connectivity index (χ4n) is 11.9. The number of carbonyl (C=O) groups excluding carboxylic acids is 2. The molecule has 4 saturated carbocycles. The number of hydrogen-bond acceptors (Lipinski definition) is 10. The summed E-state index contributed by atoms with van der Waals surface area (Å²) in [6, 6.07) is 0. The first-order chi connectivity index (χ1) is 26.2. The van der Waals surface area contributed by atoms with Crippen molar-refractivity contribution >= 4 is 35.8 Å². The summed E-state index contributed by atoms with van der Waals surface area (Å²) < 4.78 is 24.0. The summed E-state index contributed by atoms with van der Waals surface area (Å²) in [6.45, 7) is 16.2. The quantitative estimate of drug-likeness (QED) is 0.186. The van der Waals surface area contributed by atoms with Gasteiger partial charge in [0.05, 0.1) is 39.3 Å². The van der Waals surface area contributed by atoms with E-state index < -0.39 is 106 Å². The van der Waals surface area contributed by atoms with Crippen LogP contribution in [0.2, 0.25) is 0 Å². The van der Waals surface area contributed by atoms with E-state index in [2.05, 4.69) is 27.0 Å². The minimum absolute atomic E-state index is 0.104. The number of carboxylic acid groups (broad SMARTS) is 4. The van der Waals surface area contributed by atoms with Gasteiger partial charge in [-0.15, -0.1) is 0 Å². The lowest BCUT2D eigenvalue weighted by Crippen LogP contribution is -2.54. The van der Waals surface area contributed by atoms with Crippen LogP contribution in [0.25, 0.3) is 0 Å². The van der Waals surface area contributed by atoms with Gasteiger partial charge >= 0.3 is 35.8 Å². The zero-order valence-corrected chi connectivity index (χ0v) is 33.2. The van der Waals surface area contributed by atoms with Crippen molar-refractivity contribution in [2.24, 2.45) is 57.2 Å². The van der Waals surface area contributed by atoms with E-state index in [4.69, 9.17) is 18.9 Å². The second-order valence-corrected chi connectivity index (χ2v) is 18.4. The smallest absolute Gasteiger partial charge is 0.333 e. The normalized spacial score (nSPS) is 41.5. The molecular formula is C42H60O14. The SMILES string of the molecule is C=C1CC[C@H]2[C@@]3(C)CCC[C@]2(C)C1CO[C@@H](C(=O)O)[C@H](CC(=O)O)C(=O)OC[C@]1(C)CCC[C@]2(C)[C@@H](CO[C@@H](C(=O)O)[C@H](CC(=O)O)C(=O)OC3)C(=C)CC[C@@H]12. The van der Waals surface area contributed by atoms with Crippen molar-refractivity contribution < 1.29 is 68.1 Å². The van der Waals surface area contributed by atoms with Crippen LogP contribution in [0.1, 0.15) is 105 Å². The number of carbonyl (C=O) groups is 6. The van der Waals surface area contributed by atoms with Crippen molar-refractivity contribution in [1.82, 2.24) is 0 Å². The van der Waals surface area contributed by atoms with Crippen molar-refractivity contribution in [2.45, 2.75) is 117 Å². The largest absolute Gasteiger partial charge is 0.481 e. The predicted molar refractivity (Wildman–Crippen MR) is 199 cm³/mol. The summed E-state index contributed by atoms with van der Waals surface area (Å²) >= 11 is 0. The number of rotatable bonds is 6. The molecular weight excluding hydrogens is 728 g/mol. The molecule has 14 heteroatoms. The molecule has 1 saturated heterocycles. The summed E-state index contributed by atoms with van der Waals surface area (Å²) in [4.78, 5) is 77.6. The number of carboxylic acids is 4. The van der Waals surface area contributed by atoms with Gasteiger partial charge in [0.15, 0.2) is 12.2 Å². The molecule has 0 aromatic carbocycles. The van der Waals surface area contributed by atoms with E-state index in [1.165, 1.54) is 0 Å². The Kier molecular flexibility index (Phi) is 12.8. The van der Waals surface area contributed by atoms with E-state index in [0.29, 0.717) is 64.2 Å². The molecule has 0 aromatic heterocycles. The van der Waals surface area contributed by atoms with Crippen LogP contribution >= 0.6 is 0 Å². The molecule has 4 aliphatic carbocycles. The molecule has 0 aromatic rings. The van der Waals surface area contributed by atoms with Crippen LogP contribution in [-0.4, -0.2) is 94.9 Å². The van der Waals surface area contributed by atoms with Crippen molar-refractivity contribution in [2.75, 3.05) is 26.4 Å². The topological polar surface area (TPSA) is 220 Å². The fraction of sp³-hybridized carbons (Fsp3) is 0.762. The van der Waals surface area contributed by atoms with Crippen LogP contribution in [0.5, 0.6) is 0 Å². The number of esters is 2. The summed E-state index contributed by atoms with van der Waals surface area (Å²) in [6.07, 6.45) is 1.31. The number of ether oxygens (including phenoxy) is 4. The maximum Gasteiger partial charge on any atom is 0.333 e. The number of hydrogen-bond donors (Lipinski definition) is 4. The van der Waals surface area contributed by atoms with Crippen LogP contribution < -0.4 is 0 Å². The van der Waals surface area contributed by atoms with E-state index in [-0.39, 0.29) is 38.3 Å². The molecule has 5 fully saturated rings. The van der Waals surface area contributed by atoms with Gasteiger partial charge in [0, 0.05) is 22.7 Å². The highest BCUT2D eigenvalue weighted by molar-refractivity contribution is 5.87. The summed E-state index contributed by atoms with van der Waals surface area (Å²) in [5.74, 6) is -11.9. The van der Waals surface area contributed by atoms with Crippen LogP contribution in [-0.2, 0) is 47.7 Å². The Hall–Kier alpha value is -3.78. The van der Waals surface area contributed by atoms with Gasteiger partial charge in [-0.1, -0.05) is 64.8 Å². The average Bonchev–Trinajstić information content (AvgIpc) is 3.09. The van der Waals surface area contributed by atoms with Crippen molar-refractivity contribution in [3.8, 4) is 0 Å². The fourth-order valence-corrected chi connectivity index (χ4v) is 11.9. The third-order valence-corrected chi connectivity index (χ3v) is 14.9. The summed E-state index contributed by atoms with van der Waals surface area (Å²) in [7, 11) is 0. The highest BCUT2D eigenvalue weighted by Crippen LogP contribution is 2.62. The van der Waals surface area contributed by atoms with Crippen molar-refractivity contribution in [3.63, 3.8) is 0 Å². The maximum absolute atomic E-state index is 13.9. The van der Waals surface area contributed by atoms with Gasteiger partial charge in [0.1, 0.15) is 11.8 Å². The Labute approximate surface area is 328 Å². The van der Waals surface area contributed by atoms with Gasteiger partial charge in [0.25, 0.3) is 0 Å². The lowest BCUT2D eigenvalue weighted by atomic mass is 9.47. The summed E-state index contributed by atoms with van der Waals surface area (Å²) in [5.41, 5.74) is -0.688. The Morgan fingerprint density at radius 3 is 1.30 bits per heavy atom. The molecule has 0 amide bonds. The molecule has 0 spiro atoms. The molecule has 5 rings (SSSR count). The van der Waals surface area contributed by atoms with Gasteiger partial charge in [-0.2, -0.15) is 0 Å². The highest BCUT2D eigenvalue weighted by atomic mass is 16.6. The van der Waals surface area contributed by atoms with E-state index in [1.54, 1.807) is 0 Å². The molecule has 1 unspecified atom stereocenters. The predicted octanol–water partition coefficient (Wildman–Crippen LogP) is 5.77. The Morgan fingerprint density at radius 1 is 0.625 bits per heavy atom. The molecule has 5 aliphatic rings. The second-order valence-electron chi connectivity index (χ2n) is 18.4. The van der Waals surface area contributed by atoms with E-state index in [1.807, 2.05) is 13.8 Å². The number of cyclic esters (lactones) is 2. The molecule has 1 heterocycles. The number of aliphatic carboxylic acids is 4. The van der Waals surface area contributed by atoms with Crippen LogP contribution in [0.3, 0.4) is 0 Å². The monoisotopic (exact) mass is 788 g/mol. The first-order valence-electron chi connectivity index (χ1n) is 20.0. The van der Waals surface area contributed by atoms with Crippen molar-refractivity contribution in [1.29, 1.82) is 0 Å². The third kappa shape index (κ3) is 8.42. The van der Waals surface area contributed by atoms with Gasteiger partial charge in [-0.3, -0.25) is 19.2 Å². The van der Waals surface area contributed by atoms with Crippen molar-refractivity contribution in [3.05, 3.63) is 24.3 Å². The standard InChI is InChI=1S/C42H60O14/c1-23-9-11-29-39(3)13-7-15-41(29,5)27(23)19-53-33(35(47)48)25(17-31(43)44)37(51)56-22-40(4)14-8-16-42(6)28(24(2)10-12-30(40)42)20-54-34(36(49)50)26(18-32(45)46)38(52)55-21-39/h25-30,33-34H,1-2,7-22H2,3-6H3,(H,43,44)(H,45,46)(H,47,48)(H,49,50)/t25-,26-,27-,28?,29-,30-,33+,34+,39-,40-,41+,42+/m0/s1. The lowest BCUT2D eigenvalue weighted by Gasteiger charge is -2.58. The van der Waals surface area contributed by atoms with Crippen LogP contribution in [0.15, 0.2) is 24.3 Å². The Balaban J connectivity index is 1.57. The average molecular weight is 789 g/mol. The third-order valence-electron chi connectivity index (χ3n) is 14.9. The van der Waals surface area contributed by atoms with Gasteiger partial charge in [-0.05, 0) is 74.0 Å². The first kappa shape index (κ1) is 43.3. The molecule has 14 nitrogen and oxygen atoms in total. The minimum atomic E-state index is -1.80. The Morgan fingerprint density at radius 2 is 0.982 bits per heavy atom. The molecule has 56 heavy (non-hydrogen) atoms. The highest BCUT2D eigenvalue weighted by Gasteiger charge is 2.58. The van der Waals surface area contributed by atoms with Crippen LogP contribution in [0, 0.1) is 57.2 Å².